The highest BCUT2D eigenvalue weighted by atomic mass is 35.5. The van der Waals surface area contributed by atoms with Crippen LogP contribution in [0.4, 0.5) is 0 Å². The molecule has 1 fully saturated rings. The Morgan fingerprint density at radius 1 is 1.21 bits per heavy atom. The Kier molecular flexibility index (Phi) is 5.08. The van der Waals surface area contributed by atoms with E-state index in [9.17, 15) is 9.59 Å². The molecule has 1 N–H and O–H groups in total. The van der Waals surface area contributed by atoms with Gasteiger partial charge in [0.2, 0.25) is 0 Å². The second-order valence-electron chi connectivity index (χ2n) is 5.57. The minimum absolute atomic E-state index is 0.165. The van der Waals surface area contributed by atoms with Crippen molar-refractivity contribution in [3.8, 4) is 10.6 Å². The average Bonchev–Trinajstić information content (AvgIpc) is 3.07. The molecule has 1 aliphatic rings. The topological polar surface area (TPSA) is 70.5 Å². The summed E-state index contributed by atoms with van der Waals surface area (Å²) in [5, 5.41) is 12.3. The van der Waals surface area contributed by atoms with Crippen molar-refractivity contribution in [3.63, 3.8) is 0 Å². The van der Waals surface area contributed by atoms with Crippen LogP contribution in [0.5, 0.6) is 0 Å². The van der Waals surface area contributed by atoms with E-state index in [2.05, 4.69) is 4.98 Å². The van der Waals surface area contributed by atoms with Gasteiger partial charge >= 0.3 is 5.97 Å². The van der Waals surface area contributed by atoms with Gasteiger partial charge in [-0.2, -0.15) is 0 Å². The van der Waals surface area contributed by atoms with E-state index in [4.69, 9.17) is 28.3 Å². The van der Waals surface area contributed by atoms with E-state index >= 15 is 0 Å². The molecular weight excluding hydrogens is 371 g/mol. The molecule has 8 heteroatoms. The van der Waals surface area contributed by atoms with Crippen molar-refractivity contribution < 1.29 is 14.7 Å². The van der Waals surface area contributed by atoms with Gasteiger partial charge in [-0.3, -0.25) is 9.59 Å². The molecule has 0 bridgehead atoms. The largest absolute Gasteiger partial charge is 0.481 e. The smallest absolute Gasteiger partial charge is 0.306 e. The SMILES string of the molecule is O=C(O)C1CCN(C(=O)c2csc(-c3ccc(Cl)c(Cl)c3)n2)CC1. The second kappa shape index (κ2) is 7.09. The number of carbonyl (C=O) groups excluding carboxylic acids is 1. The first-order valence-electron chi connectivity index (χ1n) is 7.38. The molecule has 3 rings (SSSR count). The average molecular weight is 385 g/mol. The summed E-state index contributed by atoms with van der Waals surface area (Å²) in [6, 6.07) is 5.22. The molecule has 0 aliphatic carbocycles. The zero-order valence-electron chi connectivity index (χ0n) is 12.5. The molecule has 1 aliphatic heterocycles. The third-order valence-corrected chi connectivity index (χ3v) is 5.65. The first-order chi connectivity index (χ1) is 11.5. The van der Waals surface area contributed by atoms with Crippen LogP contribution in [0.3, 0.4) is 0 Å². The fourth-order valence-electron chi connectivity index (χ4n) is 2.63. The predicted octanol–water partition coefficient (Wildman–Crippen LogP) is 4.05. The Hall–Kier alpha value is -1.63. The van der Waals surface area contributed by atoms with E-state index in [1.165, 1.54) is 11.3 Å². The second-order valence-corrected chi connectivity index (χ2v) is 7.24. The zero-order chi connectivity index (χ0) is 17.3. The number of halogens is 2. The van der Waals surface area contributed by atoms with Gasteiger partial charge in [0.25, 0.3) is 5.91 Å². The monoisotopic (exact) mass is 384 g/mol. The van der Waals surface area contributed by atoms with E-state index in [1.807, 2.05) is 0 Å². The van der Waals surface area contributed by atoms with Gasteiger partial charge in [0.15, 0.2) is 0 Å². The van der Waals surface area contributed by atoms with Gasteiger partial charge in [-0.1, -0.05) is 29.3 Å². The number of thiazole rings is 1. The lowest BCUT2D eigenvalue weighted by Gasteiger charge is -2.29. The molecule has 0 radical (unpaired) electrons. The van der Waals surface area contributed by atoms with Crippen LogP contribution >= 0.6 is 34.5 Å². The fourth-order valence-corrected chi connectivity index (χ4v) is 3.71. The van der Waals surface area contributed by atoms with Crippen LogP contribution in [-0.2, 0) is 4.79 Å². The van der Waals surface area contributed by atoms with Crippen molar-refractivity contribution in [1.29, 1.82) is 0 Å². The summed E-state index contributed by atoms with van der Waals surface area (Å²) < 4.78 is 0. The highest BCUT2D eigenvalue weighted by molar-refractivity contribution is 7.13. The Morgan fingerprint density at radius 2 is 1.92 bits per heavy atom. The first kappa shape index (κ1) is 17.2. The number of benzene rings is 1. The van der Waals surface area contributed by atoms with Crippen LogP contribution in [0, 0.1) is 5.92 Å². The van der Waals surface area contributed by atoms with Crippen molar-refractivity contribution in [2.45, 2.75) is 12.8 Å². The molecular formula is C16H14Cl2N2O3S. The molecule has 24 heavy (non-hydrogen) atoms. The third kappa shape index (κ3) is 3.55. The Bertz CT molecular complexity index is 785. The molecule has 1 aromatic heterocycles. The summed E-state index contributed by atoms with van der Waals surface area (Å²) in [5.41, 5.74) is 1.17. The summed E-state index contributed by atoms with van der Waals surface area (Å²) in [6.07, 6.45) is 0.954. The van der Waals surface area contributed by atoms with E-state index in [-0.39, 0.29) is 11.8 Å². The molecule has 1 aromatic carbocycles. The summed E-state index contributed by atoms with van der Waals surface area (Å²) in [6.45, 7) is 0.880. The van der Waals surface area contributed by atoms with E-state index in [0.717, 1.165) is 5.56 Å². The minimum atomic E-state index is -0.794. The number of amides is 1. The van der Waals surface area contributed by atoms with Gasteiger partial charge in [0.1, 0.15) is 10.7 Å². The number of hydrogen-bond acceptors (Lipinski definition) is 4. The van der Waals surface area contributed by atoms with Gasteiger partial charge in [0.05, 0.1) is 16.0 Å². The maximum atomic E-state index is 12.5. The lowest BCUT2D eigenvalue weighted by molar-refractivity contribution is -0.143. The van der Waals surface area contributed by atoms with Crippen molar-refractivity contribution in [3.05, 3.63) is 39.3 Å². The Labute approximate surface area is 152 Å². The third-order valence-electron chi connectivity index (χ3n) is 4.02. The number of aromatic nitrogens is 1. The van der Waals surface area contributed by atoms with E-state index in [0.29, 0.717) is 46.7 Å². The molecule has 1 amide bonds. The number of rotatable bonds is 3. The molecule has 2 aromatic rings. The van der Waals surface area contributed by atoms with Gasteiger partial charge < -0.3 is 10.0 Å². The van der Waals surface area contributed by atoms with Crippen LogP contribution < -0.4 is 0 Å². The van der Waals surface area contributed by atoms with Crippen molar-refractivity contribution in [1.82, 2.24) is 9.88 Å². The molecule has 0 saturated carbocycles. The summed E-state index contributed by atoms with van der Waals surface area (Å²) >= 11 is 13.3. The number of piperidine rings is 1. The molecule has 126 valence electrons. The fraction of sp³-hybridized carbons (Fsp3) is 0.312. The summed E-state index contributed by atoms with van der Waals surface area (Å²) in [4.78, 5) is 29.5. The Balaban J connectivity index is 1.72. The highest BCUT2D eigenvalue weighted by Crippen LogP contribution is 2.30. The quantitative estimate of drug-likeness (QED) is 0.865. The van der Waals surface area contributed by atoms with Gasteiger partial charge in [-0.15, -0.1) is 11.3 Å². The van der Waals surface area contributed by atoms with Crippen LogP contribution in [0.25, 0.3) is 10.6 Å². The van der Waals surface area contributed by atoms with Crippen molar-refractivity contribution in [2.24, 2.45) is 5.92 Å². The lowest BCUT2D eigenvalue weighted by atomic mass is 9.97. The maximum absolute atomic E-state index is 12.5. The zero-order valence-corrected chi connectivity index (χ0v) is 14.9. The highest BCUT2D eigenvalue weighted by Gasteiger charge is 2.28. The number of likely N-dealkylation sites (tertiary alicyclic amines) is 1. The maximum Gasteiger partial charge on any atom is 0.306 e. The number of carboxylic acids is 1. The molecule has 5 nitrogen and oxygen atoms in total. The number of carbonyl (C=O) groups is 2. The van der Waals surface area contributed by atoms with Crippen LogP contribution in [0.15, 0.2) is 23.6 Å². The molecule has 2 heterocycles. The minimum Gasteiger partial charge on any atom is -0.481 e. The van der Waals surface area contributed by atoms with E-state index in [1.54, 1.807) is 28.5 Å². The summed E-state index contributed by atoms with van der Waals surface area (Å²) in [7, 11) is 0. The van der Waals surface area contributed by atoms with Crippen LogP contribution in [-0.4, -0.2) is 40.0 Å². The molecule has 1 saturated heterocycles. The van der Waals surface area contributed by atoms with Crippen molar-refractivity contribution in [2.75, 3.05) is 13.1 Å². The number of aliphatic carboxylic acids is 1. The van der Waals surface area contributed by atoms with Gasteiger partial charge in [0, 0.05) is 24.0 Å². The van der Waals surface area contributed by atoms with Crippen molar-refractivity contribution >= 4 is 46.4 Å². The number of nitrogens with zero attached hydrogens (tertiary/aromatic N) is 2. The molecule has 0 spiro atoms. The number of carboxylic acid groups (broad SMARTS) is 1. The number of hydrogen-bond donors (Lipinski definition) is 1. The van der Waals surface area contributed by atoms with Crippen LogP contribution in [0.2, 0.25) is 10.0 Å². The van der Waals surface area contributed by atoms with Crippen LogP contribution in [0.1, 0.15) is 23.3 Å². The van der Waals surface area contributed by atoms with Gasteiger partial charge in [-0.05, 0) is 25.0 Å². The standard InChI is InChI=1S/C16H14Cl2N2O3S/c17-11-2-1-10(7-12(11)18)14-19-13(8-24-14)15(21)20-5-3-9(4-6-20)16(22)23/h1-2,7-9H,3-6H2,(H,22,23). The molecule has 0 unspecified atom stereocenters. The van der Waals surface area contributed by atoms with Gasteiger partial charge in [-0.25, -0.2) is 4.98 Å². The summed E-state index contributed by atoms with van der Waals surface area (Å²) in [5.74, 6) is -1.32. The first-order valence-corrected chi connectivity index (χ1v) is 9.02. The lowest BCUT2D eigenvalue weighted by Crippen LogP contribution is -2.40. The molecule has 0 atom stereocenters. The van der Waals surface area contributed by atoms with E-state index < -0.39 is 5.97 Å². The Morgan fingerprint density at radius 3 is 2.54 bits per heavy atom. The normalized spacial score (nSPS) is 15.5. The predicted molar refractivity (Wildman–Crippen MR) is 93.8 cm³/mol.